The standard InChI is InChI=1S/C27H38N4O2S/c1-2-13-31-27(32)24-12-19-34-26(24)25(28-31)21-8-10-23(11-9-21)33-18-6-17-30-16-5-7-22(30)20-29-14-3-4-15-29/h8-11,22H,2-7,12-20H2,1H3/t22-/m0/s1. The minimum atomic E-state index is 0.0891. The van der Waals surface area contributed by atoms with Gasteiger partial charge in [-0.05, 0) is 88.8 Å². The first-order valence-electron chi connectivity index (χ1n) is 13.2. The predicted octanol–water partition coefficient (Wildman–Crippen LogP) is 4.30. The fourth-order valence-electron chi connectivity index (χ4n) is 5.62. The molecular formula is C27H38N4O2S. The van der Waals surface area contributed by atoms with Crippen molar-refractivity contribution in [3.05, 3.63) is 40.2 Å². The van der Waals surface area contributed by atoms with Crippen LogP contribution in [0.2, 0.25) is 0 Å². The maximum absolute atomic E-state index is 12.7. The van der Waals surface area contributed by atoms with Crippen LogP contribution in [0.4, 0.5) is 0 Å². The van der Waals surface area contributed by atoms with Crippen molar-refractivity contribution in [2.45, 2.75) is 69.4 Å². The topological polar surface area (TPSA) is 50.6 Å². The summed E-state index contributed by atoms with van der Waals surface area (Å²) in [5, 5.41) is 4.73. The van der Waals surface area contributed by atoms with Crippen molar-refractivity contribution in [1.82, 2.24) is 19.6 Å². The second-order valence-corrected chi connectivity index (χ2v) is 11.0. The van der Waals surface area contributed by atoms with Gasteiger partial charge in [0.1, 0.15) is 11.4 Å². The molecule has 1 atom stereocenters. The summed E-state index contributed by atoms with van der Waals surface area (Å²) < 4.78 is 7.73. The van der Waals surface area contributed by atoms with E-state index in [1.165, 1.54) is 51.9 Å². The maximum Gasteiger partial charge on any atom is 0.271 e. The molecule has 2 aromatic rings. The lowest BCUT2D eigenvalue weighted by Crippen LogP contribution is -2.40. The Morgan fingerprint density at radius 2 is 1.91 bits per heavy atom. The highest BCUT2D eigenvalue weighted by molar-refractivity contribution is 7.99. The van der Waals surface area contributed by atoms with Gasteiger partial charge in [0.05, 0.1) is 6.61 Å². The summed E-state index contributed by atoms with van der Waals surface area (Å²) in [6.45, 7) is 9.70. The largest absolute Gasteiger partial charge is 0.494 e. The molecular weight excluding hydrogens is 444 g/mol. The van der Waals surface area contributed by atoms with E-state index in [1.807, 2.05) is 12.1 Å². The van der Waals surface area contributed by atoms with Gasteiger partial charge < -0.3 is 9.64 Å². The Balaban J connectivity index is 1.15. The van der Waals surface area contributed by atoms with E-state index in [-0.39, 0.29) is 5.56 Å². The van der Waals surface area contributed by atoms with Gasteiger partial charge in [-0.25, -0.2) is 4.68 Å². The van der Waals surface area contributed by atoms with E-state index in [1.54, 1.807) is 16.4 Å². The third-order valence-corrected chi connectivity index (χ3v) is 8.53. The second-order valence-electron chi connectivity index (χ2n) is 9.85. The van der Waals surface area contributed by atoms with Gasteiger partial charge in [0.15, 0.2) is 0 Å². The Labute approximate surface area is 207 Å². The molecule has 0 saturated carbocycles. The van der Waals surface area contributed by atoms with Crippen molar-refractivity contribution in [3.63, 3.8) is 0 Å². The molecule has 2 fully saturated rings. The molecule has 4 heterocycles. The highest BCUT2D eigenvalue weighted by Crippen LogP contribution is 2.37. The number of thioether (sulfide) groups is 1. The third-order valence-electron chi connectivity index (χ3n) is 7.39. The van der Waals surface area contributed by atoms with Crippen molar-refractivity contribution in [3.8, 4) is 17.0 Å². The van der Waals surface area contributed by atoms with Gasteiger partial charge in [-0.1, -0.05) is 6.92 Å². The molecule has 0 amide bonds. The zero-order chi connectivity index (χ0) is 23.3. The summed E-state index contributed by atoms with van der Waals surface area (Å²) >= 11 is 1.76. The monoisotopic (exact) mass is 482 g/mol. The number of aryl methyl sites for hydroxylation is 1. The molecule has 3 aliphatic rings. The van der Waals surface area contributed by atoms with Gasteiger partial charge in [-0.3, -0.25) is 9.69 Å². The molecule has 184 valence electrons. The van der Waals surface area contributed by atoms with Crippen LogP contribution in [0.3, 0.4) is 0 Å². The fraction of sp³-hybridized carbons (Fsp3) is 0.630. The minimum Gasteiger partial charge on any atom is -0.494 e. The second kappa shape index (κ2) is 11.3. The number of rotatable bonds is 10. The van der Waals surface area contributed by atoms with Gasteiger partial charge in [-0.2, -0.15) is 5.10 Å². The van der Waals surface area contributed by atoms with Gasteiger partial charge >= 0.3 is 0 Å². The lowest BCUT2D eigenvalue weighted by Gasteiger charge is -2.28. The van der Waals surface area contributed by atoms with Gasteiger partial charge in [0.2, 0.25) is 0 Å². The zero-order valence-electron chi connectivity index (χ0n) is 20.5. The Hall–Kier alpha value is -1.83. The zero-order valence-corrected chi connectivity index (χ0v) is 21.3. The molecule has 0 radical (unpaired) electrons. The van der Waals surface area contributed by atoms with Crippen molar-refractivity contribution in [2.75, 3.05) is 45.1 Å². The predicted molar refractivity (Wildman–Crippen MR) is 139 cm³/mol. The first kappa shape index (κ1) is 23.9. The first-order valence-corrected chi connectivity index (χ1v) is 14.2. The van der Waals surface area contributed by atoms with Crippen LogP contribution in [-0.2, 0) is 13.0 Å². The molecule has 0 N–H and O–H groups in total. The summed E-state index contributed by atoms with van der Waals surface area (Å²) in [5.74, 6) is 1.87. The average Bonchev–Trinajstić information content (AvgIpc) is 3.62. The van der Waals surface area contributed by atoms with Crippen LogP contribution in [0.5, 0.6) is 5.75 Å². The first-order chi connectivity index (χ1) is 16.7. The van der Waals surface area contributed by atoms with Crippen LogP contribution in [0.15, 0.2) is 34.0 Å². The molecule has 6 nitrogen and oxygen atoms in total. The molecule has 0 aliphatic carbocycles. The van der Waals surface area contributed by atoms with Gasteiger partial charge in [-0.15, -0.1) is 11.8 Å². The van der Waals surface area contributed by atoms with Crippen molar-refractivity contribution < 1.29 is 4.74 Å². The molecule has 0 bridgehead atoms. The molecule has 1 aromatic carbocycles. The number of ether oxygens (including phenoxy) is 1. The molecule has 1 aromatic heterocycles. The van der Waals surface area contributed by atoms with Crippen LogP contribution < -0.4 is 10.3 Å². The normalized spacial score (nSPS) is 20.8. The van der Waals surface area contributed by atoms with E-state index in [0.717, 1.165) is 71.7 Å². The fourth-order valence-corrected chi connectivity index (χ4v) is 6.79. The van der Waals surface area contributed by atoms with E-state index in [4.69, 9.17) is 9.84 Å². The number of hydrogen-bond acceptors (Lipinski definition) is 6. The van der Waals surface area contributed by atoms with Crippen molar-refractivity contribution >= 4 is 11.8 Å². The number of likely N-dealkylation sites (tertiary alicyclic amines) is 2. The molecule has 0 unspecified atom stereocenters. The number of aromatic nitrogens is 2. The van der Waals surface area contributed by atoms with Crippen LogP contribution in [0, 0.1) is 0 Å². The van der Waals surface area contributed by atoms with Crippen molar-refractivity contribution in [1.29, 1.82) is 0 Å². The minimum absolute atomic E-state index is 0.0891. The summed E-state index contributed by atoms with van der Waals surface area (Å²) in [5.41, 5.74) is 3.03. The summed E-state index contributed by atoms with van der Waals surface area (Å²) in [6, 6.07) is 9.00. The van der Waals surface area contributed by atoms with E-state index in [0.29, 0.717) is 6.54 Å². The number of nitrogens with zero attached hydrogens (tertiary/aromatic N) is 4. The Bertz CT molecular complexity index is 1020. The quantitative estimate of drug-likeness (QED) is 0.471. The SMILES string of the molecule is CCCn1nc(-c2ccc(OCCCN3CCC[C@H]3CN3CCCC3)cc2)c2c(c1=O)CCS2. The van der Waals surface area contributed by atoms with E-state index in [9.17, 15) is 4.79 Å². The molecule has 0 spiro atoms. The highest BCUT2D eigenvalue weighted by atomic mass is 32.2. The van der Waals surface area contributed by atoms with E-state index >= 15 is 0 Å². The Kier molecular flexibility index (Phi) is 7.92. The van der Waals surface area contributed by atoms with Gasteiger partial charge in [0, 0.05) is 47.5 Å². The van der Waals surface area contributed by atoms with Crippen molar-refractivity contribution in [2.24, 2.45) is 0 Å². The van der Waals surface area contributed by atoms with E-state index in [2.05, 4.69) is 28.9 Å². The lowest BCUT2D eigenvalue weighted by atomic mass is 10.1. The Morgan fingerprint density at radius 3 is 2.71 bits per heavy atom. The molecule has 5 rings (SSSR count). The maximum atomic E-state index is 12.7. The molecule has 34 heavy (non-hydrogen) atoms. The van der Waals surface area contributed by atoms with Crippen LogP contribution in [0.25, 0.3) is 11.3 Å². The lowest BCUT2D eigenvalue weighted by molar-refractivity contribution is 0.178. The summed E-state index contributed by atoms with van der Waals surface area (Å²) in [4.78, 5) is 19.1. The van der Waals surface area contributed by atoms with Crippen LogP contribution >= 0.6 is 11.8 Å². The number of fused-ring (bicyclic) bond motifs is 1. The number of hydrogen-bond donors (Lipinski definition) is 0. The Morgan fingerprint density at radius 1 is 1.09 bits per heavy atom. The summed E-state index contributed by atoms with van der Waals surface area (Å²) in [7, 11) is 0. The van der Waals surface area contributed by atoms with Gasteiger partial charge in [0.25, 0.3) is 5.56 Å². The summed E-state index contributed by atoms with van der Waals surface area (Å²) in [6.07, 6.45) is 8.24. The smallest absolute Gasteiger partial charge is 0.271 e. The molecule has 2 saturated heterocycles. The average molecular weight is 483 g/mol. The third kappa shape index (κ3) is 5.37. The van der Waals surface area contributed by atoms with Crippen LogP contribution in [0.1, 0.15) is 51.0 Å². The number of benzene rings is 1. The van der Waals surface area contributed by atoms with Crippen LogP contribution in [-0.4, -0.2) is 70.7 Å². The van der Waals surface area contributed by atoms with E-state index < -0.39 is 0 Å². The molecule has 7 heteroatoms. The molecule has 3 aliphatic heterocycles. The highest BCUT2D eigenvalue weighted by Gasteiger charge is 2.27.